The van der Waals surface area contributed by atoms with E-state index in [9.17, 15) is 0 Å². The summed E-state index contributed by atoms with van der Waals surface area (Å²) >= 11 is 0. The van der Waals surface area contributed by atoms with Gasteiger partial charge in [0.05, 0.1) is 0 Å². The molecule has 0 bridgehead atoms. The Morgan fingerprint density at radius 3 is 2.26 bits per heavy atom. The summed E-state index contributed by atoms with van der Waals surface area (Å²) in [5.74, 6) is 0.966. The van der Waals surface area contributed by atoms with Crippen molar-refractivity contribution in [2.75, 3.05) is 45.8 Å². The largest absolute Gasteiger partial charge is 0.313 e. The van der Waals surface area contributed by atoms with Crippen molar-refractivity contribution >= 4 is 0 Å². The predicted molar refractivity (Wildman–Crippen MR) is 82.6 cm³/mol. The molecule has 0 aliphatic carbocycles. The summed E-state index contributed by atoms with van der Waals surface area (Å²) in [7, 11) is 0. The number of hydrogen-bond donors (Lipinski definition) is 1. The highest BCUT2D eigenvalue weighted by molar-refractivity contribution is 4.79. The summed E-state index contributed by atoms with van der Waals surface area (Å²) in [4.78, 5) is 5.37. The first-order chi connectivity index (χ1) is 9.31. The number of hydrogen-bond acceptors (Lipinski definition) is 3. The Bertz CT molecular complexity index is 230. The summed E-state index contributed by atoms with van der Waals surface area (Å²) in [6, 6.07) is 0.695. The maximum atomic E-state index is 3.60. The molecule has 0 spiro atoms. The van der Waals surface area contributed by atoms with Crippen LogP contribution in [-0.2, 0) is 0 Å². The van der Waals surface area contributed by atoms with Gasteiger partial charge in [0.25, 0.3) is 0 Å². The van der Waals surface area contributed by atoms with Crippen LogP contribution >= 0.6 is 0 Å². The molecule has 2 rings (SSSR count). The van der Waals surface area contributed by atoms with Crippen LogP contribution in [0.1, 0.15) is 46.0 Å². The molecular formula is C16H33N3. The van der Waals surface area contributed by atoms with Gasteiger partial charge in [0.2, 0.25) is 0 Å². The molecule has 0 aromatic carbocycles. The summed E-state index contributed by atoms with van der Waals surface area (Å²) in [6.07, 6.45) is 6.94. The van der Waals surface area contributed by atoms with E-state index >= 15 is 0 Å². The van der Waals surface area contributed by atoms with Crippen LogP contribution in [-0.4, -0.2) is 61.7 Å². The molecule has 112 valence electrons. The van der Waals surface area contributed by atoms with Gasteiger partial charge >= 0.3 is 0 Å². The van der Waals surface area contributed by atoms with Crippen molar-refractivity contribution in [3.63, 3.8) is 0 Å². The normalized spacial score (nSPS) is 24.9. The first-order valence-electron chi connectivity index (χ1n) is 8.50. The second-order valence-electron chi connectivity index (χ2n) is 6.41. The molecule has 2 aliphatic heterocycles. The number of likely N-dealkylation sites (N-methyl/N-ethyl adjacent to an activating group) is 1. The fraction of sp³-hybridized carbons (Fsp3) is 1.00. The van der Waals surface area contributed by atoms with E-state index in [1.807, 2.05) is 0 Å². The van der Waals surface area contributed by atoms with Gasteiger partial charge < -0.3 is 15.1 Å². The van der Waals surface area contributed by atoms with Crippen LogP contribution in [0.25, 0.3) is 0 Å². The molecule has 2 heterocycles. The van der Waals surface area contributed by atoms with E-state index in [2.05, 4.69) is 29.0 Å². The molecule has 2 fully saturated rings. The lowest BCUT2D eigenvalue weighted by molar-refractivity contribution is 0.143. The number of piperidine rings is 1. The lowest BCUT2D eigenvalue weighted by Gasteiger charge is -2.35. The van der Waals surface area contributed by atoms with Crippen molar-refractivity contribution in [3.05, 3.63) is 0 Å². The van der Waals surface area contributed by atoms with Crippen LogP contribution < -0.4 is 5.32 Å². The number of likely N-dealkylation sites (tertiary alicyclic amines) is 2. The topological polar surface area (TPSA) is 18.5 Å². The maximum absolute atomic E-state index is 3.60. The fourth-order valence-electron chi connectivity index (χ4n) is 3.62. The van der Waals surface area contributed by atoms with Crippen molar-refractivity contribution < 1.29 is 0 Å². The second kappa shape index (κ2) is 8.23. The van der Waals surface area contributed by atoms with Crippen molar-refractivity contribution in [1.82, 2.24) is 15.1 Å². The molecule has 3 heteroatoms. The molecule has 2 saturated heterocycles. The first kappa shape index (κ1) is 15.3. The molecule has 0 amide bonds. The zero-order valence-electron chi connectivity index (χ0n) is 13.0. The molecule has 0 aromatic rings. The van der Waals surface area contributed by atoms with Gasteiger partial charge in [-0.2, -0.15) is 0 Å². The van der Waals surface area contributed by atoms with Crippen molar-refractivity contribution in [2.45, 2.75) is 52.0 Å². The van der Waals surface area contributed by atoms with Crippen LogP contribution in [0, 0.1) is 5.92 Å². The molecule has 0 saturated carbocycles. The lowest BCUT2D eigenvalue weighted by atomic mass is 9.96. The Labute approximate surface area is 119 Å². The smallest absolute Gasteiger partial charge is 0.0192 e. The number of nitrogens with one attached hydrogen (secondary N) is 1. The van der Waals surface area contributed by atoms with E-state index < -0.39 is 0 Å². The van der Waals surface area contributed by atoms with E-state index in [1.54, 1.807) is 0 Å². The maximum Gasteiger partial charge on any atom is 0.0192 e. The summed E-state index contributed by atoms with van der Waals surface area (Å²) in [5.41, 5.74) is 0. The minimum absolute atomic E-state index is 0.695. The average molecular weight is 267 g/mol. The fourth-order valence-corrected chi connectivity index (χ4v) is 3.62. The quantitative estimate of drug-likeness (QED) is 0.763. The molecule has 0 aromatic heterocycles. The molecule has 0 radical (unpaired) electrons. The van der Waals surface area contributed by atoms with Crippen molar-refractivity contribution in [1.29, 1.82) is 0 Å². The molecule has 1 N–H and O–H groups in total. The van der Waals surface area contributed by atoms with Gasteiger partial charge in [-0.25, -0.2) is 0 Å². The third-order valence-electron chi connectivity index (χ3n) is 4.89. The number of nitrogens with zero attached hydrogens (tertiary/aromatic N) is 2. The van der Waals surface area contributed by atoms with Crippen LogP contribution in [0.4, 0.5) is 0 Å². The highest BCUT2D eigenvalue weighted by Gasteiger charge is 2.23. The van der Waals surface area contributed by atoms with E-state index in [0.717, 1.165) is 12.5 Å². The number of rotatable bonds is 7. The Kier molecular flexibility index (Phi) is 6.62. The zero-order valence-corrected chi connectivity index (χ0v) is 13.0. The van der Waals surface area contributed by atoms with Gasteiger partial charge in [-0.05, 0) is 70.7 Å². The third-order valence-corrected chi connectivity index (χ3v) is 4.89. The van der Waals surface area contributed by atoms with Gasteiger partial charge in [-0.3, -0.25) is 0 Å². The SMILES string of the molecule is CCNC(CC)CN1CCC(CN2CCCC2)CC1. The van der Waals surface area contributed by atoms with Gasteiger partial charge in [0.15, 0.2) is 0 Å². The van der Waals surface area contributed by atoms with Crippen molar-refractivity contribution in [2.24, 2.45) is 5.92 Å². The Morgan fingerprint density at radius 1 is 1.00 bits per heavy atom. The second-order valence-corrected chi connectivity index (χ2v) is 6.41. The molecule has 19 heavy (non-hydrogen) atoms. The van der Waals surface area contributed by atoms with E-state index in [4.69, 9.17) is 0 Å². The molecule has 3 nitrogen and oxygen atoms in total. The standard InChI is InChI=1S/C16H33N3/c1-3-16(17-4-2)14-19-11-7-15(8-12-19)13-18-9-5-6-10-18/h15-17H,3-14H2,1-2H3. The molecule has 2 aliphatic rings. The highest BCUT2D eigenvalue weighted by atomic mass is 15.2. The Hall–Kier alpha value is -0.120. The molecule has 1 unspecified atom stereocenters. The monoisotopic (exact) mass is 267 g/mol. The molecule has 1 atom stereocenters. The van der Waals surface area contributed by atoms with Crippen LogP contribution in [0.3, 0.4) is 0 Å². The minimum atomic E-state index is 0.695. The summed E-state index contributed by atoms with van der Waals surface area (Å²) in [5, 5.41) is 3.60. The third kappa shape index (κ3) is 5.05. The Morgan fingerprint density at radius 2 is 1.68 bits per heavy atom. The van der Waals surface area contributed by atoms with Crippen LogP contribution in [0.2, 0.25) is 0 Å². The van der Waals surface area contributed by atoms with E-state index in [0.29, 0.717) is 6.04 Å². The van der Waals surface area contributed by atoms with E-state index in [-0.39, 0.29) is 0 Å². The first-order valence-corrected chi connectivity index (χ1v) is 8.50. The van der Waals surface area contributed by atoms with E-state index in [1.165, 1.54) is 71.4 Å². The van der Waals surface area contributed by atoms with Gasteiger partial charge in [-0.15, -0.1) is 0 Å². The minimum Gasteiger partial charge on any atom is -0.313 e. The predicted octanol–water partition coefficient (Wildman–Crippen LogP) is 2.18. The summed E-state index contributed by atoms with van der Waals surface area (Å²) < 4.78 is 0. The molecular weight excluding hydrogens is 234 g/mol. The lowest BCUT2D eigenvalue weighted by Crippen LogP contribution is -2.45. The Balaban J connectivity index is 1.63. The van der Waals surface area contributed by atoms with Crippen molar-refractivity contribution in [3.8, 4) is 0 Å². The van der Waals surface area contributed by atoms with Gasteiger partial charge in [0, 0.05) is 19.1 Å². The van der Waals surface area contributed by atoms with Gasteiger partial charge in [-0.1, -0.05) is 13.8 Å². The van der Waals surface area contributed by atoms with Crippen LogP contribution in [0.5, 0.6) is 0 Å². The zero-order chi connectivity index (χ0) is 13.5. The summed E-state index contributed by atoms with van der Waals surface area (Å²) in [6.45, 7) is 13.6. The highest BCUT2D eigenvalue weighted by Crippen LogP contribution is 2.20. The van der Waals surface area contributed by atoms with Gasteiger partial charge in [0.1, 0.15) is 0 Å². The average Bonchev–Trinajstić information content (AvgIpc) is 2.93. The van der Waals surface area contributed by atoms with Crippen LogP contribution in [0.15, 0.2) is 0 Å².